The van der Waals surface area contributed by atoms with Crippen molar-refractivity contribution in [2.45, 2.75) is 20.3 Å². The fourth-order valence-electron chi connectivity index (χ4n) is 2.66. The summed E-state index contributed by atoms with van der Waals surface area (Å²) in [4.78, 5) is 4.57. The minimum Gasteiger partial charge on any atom is -0.497 e. The van der Waals surface area contributed by atoms with Gasteiger partial charge in [-0.05, 0) is 61.4 Å². The average molecular weight is 318 g/mol. The van der Waals surface area contributed by atoms with Crippen LogP contribution in [-0.4, -0.2) is 17.9 Å². The maximum absolute atomic E-state index is 5.21. The molecule has 0 bridgehead atoms. The quantitative estimate of drug-likeness (QED) is 0.601. The summed E-state index contributed by atoms with van der Waals surface area (Å²) < 4.78 is 7.37. The van der Waals surface area contributed by atoms with Crippen molar-refractivity contribution < 1.29 is 4.74 Å². The average Bonchev–Trinajstić information content (AvgIpc) is 3.01. The second-order valence-corrected chi connectivity index (χ2v) is 5.76. The zero-order chi connectivity index (χ0) is 16.9. The van der Waals surface area contributed by atoms with Gasteiger partial charge in [-0.1, -0.05) is 19.1 Å². The third kappa shape index (κ3) is 3.57. The summed E-state index contributed by atoms with van der Waals surface area (Å²) in [5.74, 6) is 0.862. The van der Waals surface area contributed by atoms with Crippen LogP contribution in [0.2, 0.25) is 0 Å². The maximum atomic E-state index is 5.21. The summed E-state index contributed by atoms with van der Waals surface area (Å²) in [6, 6.07) is 18.5. The van der Waals surface area contributed by atoms with Crippen molar-refractivity contribution >= 4 is 11.9 Å². The van der Waals surface area contributed by atoms with Crippen molar-refractivity contribution in [3.05, 3.63) is 77.6 Å². The topological polar surface area (TPSA) is 26.5 Å². The van der Waals surface area contributed by atoms with Gasteiger partial charge in [0.15, 0.2) is 0 Å². The molecule has 3 nitrogen and oxygen atoms in total. The number of benzene rings is 2. The van der Waals surface area contributed by atoms with E-state index in [4.69, 9.17) is 4.74 Å². The van der Waals surface area contributed by atoms with Crippen LogP contribution >= 0.6 is 0 Å². The van der Waals surface area contributed by atoms with E-state index in [1.807, 2.05) is 18.3 Å². The lowest BCUT2D eigenvalue weighted by molar-refractivity contribution is 0.414. The van der Waals surface area contributed by atoms with E-state index in [2.05, 4.69) is 72.1 Å². The van der Waals surface area contributed by atoms with Gasteiger partial charge in [0, 0.05) is 29.4 Å². The second-order valence-electron chi connectivity index (χ2n) is 5.76. The number of aliphatic imine (C=N–C) groups is 1. The van der Waals surface area contributed by atoms with Gasteiger partial charge in [-0.3, -0.25) is 4.99 Å². The molecule has 3 rings (SSSR count). The van der Waals surface area contributed by atoms with Crippen LogP contribution in [0.25, 0.3) is 5.69 Å². The highest BCUT2D eigenvalue weighted by Crippen LogP contribution is 2.19. The van der Waals surface area contributed by atoms with E-state index in [9.17, 15) is 0 Å². The molecule has 2 aromatic carbocycles. The molecule has 0 aliphatic carbocycles. The maximum Gasteiger partial charge on any atom is 0.119 e. The summed E-state index contributed by atoms with van der Waals surface area (Å²) in [5.41, 5.74) is 5.67. The summed E-state index contributed by atoms with van der Waals surface area (Å²) >= 11 is 0. The van der Waals surface area contributed by atoms with Crippen molar-refractivity contribution in [3.8, 4) is 11.4 Å². The Morgan fingerprint density at radius 2 is 1.75 bits per heavy atom. The number of aryl methyl sites for hydroxylation is 2. The Hall–Kier alpha value is -2.81. The van der Waals surface area contributed by atoms with E-state index < -0.39 is 0 Å². The predicted octanol–water partition coefficient (Wildman–Crippen LogP) is 5.11. The van der Waals surface area contributed by atoms with E-state index >= 15 is 0 Å². The fourth-order valence-corrected chi connectivity index (χ4v) is 2.66. The molecule has 0 spiro atoms. The Morgan fingerprint density at radius 1 is 1.04 bits per heavy atom. The molecule has 1 heterocycles. The largest absolute Gasteiger partial charge is 0.497 e. The summed E-state index contributed by atoms with van der Waals surface area (Å²) in [6.07, 6.45) is 5.06. The molecular formula is C21H22N2O. The van der Waals surface area contributed by atoms with E-state index in [0.29, 0.717) is 0 Å². The minimum absolute atomic E-state index is 0.862. The highest BCUT2D eigenvalue weighted by atomic mass is 16.5. The van der Waals surface area contributed by atoms with Crippen LogP contribution in [0.4, 0.5) is 5.69 Å². The molecule has 0 saturated heterocycles. The first-order valence-corrected chi connectivity index (χ1v) is 8.16. The molecule has 0 unspecified atom stereocenters. The SMILES string of the molecule is CCc1ccc(N=Cc2cc(C)n(-c3ccc(OC)cc3)c2)cc1. The molecule has 1 aromatic heterocycles. The highest BCUT2D eigenvalue weighted by Gasteiger charge is 2.03. The van der Waals surface area contributed by atoms with Crippen molar-refractivity contribution in [2.24, 2.45) is 4.99 Å². The molecule has 0 amide bonds. The number of methoxy groups -OCH3 is 1. The zero-order valence-electron chi connectivity index (χ0n) is 14.4. The third-order valence-corrected chi connectivity index (χ3v) is 4.09. The molecular weight excluding hydrogens is 296 g/mol. The molecule has 0 saturated carbocycles. The highest BCUT2D eigenvalue weighted by molar-refractivity contribution is 5.82. The lowest BCUT2D eigenvalue weighted by atomic mass is 10.1. The van der Waals surface area contributed by atoms with Crippen LogP contribution < -0.4 is 4.74 Å². The van der Waals surface area contributed by atoms with Crippen molar-refractivity contribution in [1.29, 1.82) is 0 Å². The van der Waals surface area contributed by atoms with E-state index in [1.54, 1.807) is 7.11 Å². The second kappa shape index (κ2) is 7.18. The van der Waals surface area contributed by atoms with Crippen LogP contribution in [0, 0.1) is 6.92 Å². The summed E-state index contributed by atoms with van der Waals surface area (Å²) in [5, 5.41) is 0. The van der Waals surface area contributed by atoms with Crippen LogP contribution in [0.1, 0.15) is 23.7 Å². The van der Waals surface area contributed by atoms with Gasteiger partial charge in [-0.2, -0.15) is 0 Å². The van der Waals surface area contributed by atoms with Gasteiger partial charge >= 0.3 is 0 Å². The number of ether oxygens (including phenoxy) is 1. The van der Waals surface area contributed by atoms with E-state index in [1.165, 1.54) is 11.3 Å². The molecule has 24 heavy (non-hydrogen) atoms. The van der Waals surface area contributed by atoms with Gasteiger partial charge in [0.2, 0.25) is 0 Å². The molecule has 0 radical (unpaired) electrons. The number of hydrogen-bond acceptors (Lipinski definition) is 2. The smallest absolute Gasteiger partial charge is 0.119 e. The van der Waals surface area contributed by atoms with E-state index in [0.717, 1.165) is 29.1 Å². The van der Waals surface area contributed by atoms with Crippen LogP contribution in [-0.2, 0) is 6.42 Å². The molecule has 0 aliphatic heterocycles. The first-order chi connectivity index (χ1) is 11.7. The third-order valence-electron chi connectivity index (χ3n) is 4.09. The molecule has 3 heteroatoms. The van der Waals surface area contributed by atoms with Crippen LogP contribution in [0.15, 0.2) is 65.8 Å². The van der Waals surface area contributed by atoms with Gasteiger partial charge in [0.25, 0.3) is 0 Å². The molecule has 122 valence electrons. The molecule has 0 fully saturated rings. The zero-order valence-corrected chi connectivity index (χ0v) is 14.4. The first-order valence-electron chi connectivity index (χ1n) is 8.16. The lowest BCUT2D eigenvalue weighted by Gasteiger charge is -2.06. The number of nitrogens with zero attached hydrogens (tertiary/aromatic N) is 2. The van der Waals surface area contributed by atoms with Gasteiger partial charge in [-0.15, -0.1) is 0 Å². The Bertz CT molecular complexity index is 827. The molecule has 3 aromatic rings. The lowest BCUT2D eigenvalue weighted by Crippen LogP contribution is -1.94. The molecule has 0 atom stereocenters. The Kier molecular flexibility index (Phi) is 4.80. The number of rotatable bonds is 5. The Morgan fingerprint density at radius 3 is 2.38 bits per heavy atom. The summed E-state index contributed by atoms with van der Waals surface area (Å²) in [7, 11) is 1.68. The van der Waals surface area contributed by atoms with Crippen molar-refractivity contribution in [3.63, 3.8) is 0 Å². The van der Waals surface area contributed by atoms with Gasteiger partial charge in [0.1, 0.15) is 5.75 Å². The van der Waals surface area contributed by atoms with Gasteiger partial charge in [0.05, 0.1) is 12.8 Å². The molecule has 0 N–H and O–H groups in total. The monoisotopic (exact) mass is 318 g/mol. The van der Waals surface area contributed by atoms with Crippen molar-refractivity contribution in [1.82, 2.24) is 4.57 Å². The standard InChI is InChI=1S/C21H22N2O/c1-4-17-5-7-19(8-6-17)22-14-18-13-16(2)23(15-18)20-9-11-21(24-3)12-10-20/h5-15H,4H2,1-3H3. The normalized spacial score (nSPS) is 11.1. The van der Waals surface area contributed by atoms with Gasteiger partial charge < -0.3 is 9.30 Å². The number of aromatic nitrogens is 1. The van der Waals surface area contributed by atoms with Crippen LogP contribution in [0.5, 0.6) is 5.75 Å². The first kappa shape index (κ1) is 16.1. The fraction of sp³-hybridized carbons (Fsp3) is 0.190. The summed E-state index contributed by atoms with van der Waals surface area (Å²) in [6.45, 7) is 4.25. The molecule has 0 aliphatic rings. The van der Waals surface area contributed by atoms with E-state index in [-0.39, 0.29) is 0 Å². The van der Waals surface area contributed by atoms with Crippen molar-refractivity contribution in [2.75, 3.05) is 7.11 Å². The Balaban J connectivity index is 1.80. The van der Waals surface area contributed by atoms with Gasteiger partial charge in [-0.25, -0.2) is 0 Å². The Labute approximate surface area is 143 Å². The minimum atomic E-state index is 0.862. The van der Waals surface area contributed by atoms with Crippen LogP contribution in [0.3, 0.4) is 0 Å². The predicted molar refractivity (Wildman–Crippen MR) is 100 cm³/mol. The number of hydrogen-bond donors (Lipinski definition) is 0.